The fourth-order valence-corrected chi connectivity index (χ4v) is 4.18. The number of halogens is 1. The summed E-state index contributed by atoms with van der Waals surface area (Å²) in [5.74, 6) is -0.115. The van der Waals surface area contributed by atoms with E-state index in [4.69, 9.17) is 17.3 Å². The number of primary amides is 1. The Balaban J connectivity index is 1.67. The molecule has 1 aliphatic carbocycles. The molecule has 0 radical (unpaired) electrons. The first-order chi connectivity index (χ1) is 13.5. The van der Waals surface area contributed by atoms with E-state index in [0.717, 1.165) is 18.4 Å². The van der Waals surface area contributed by atoms with Crippen molar-refractivity contribution >= 4 is 23.5 Å². The Hall–Kier alpha value is -2.53. The van der Waals surface area contributed by atoms with E-state index in [-0.39, 0.29) is 17.7 Å². The molecule has 1 saturated carbocycles. The number of rotatable bonds is 7. The molecule has 0 bridgehead atoms. The highest BCUT2D eigenvalue weighted by Crippen LogP contribution is 2.40. The van der Waals surface area contributed by atoms with Gasteiger partial charge in [-0.15, -0.1) is 0 Å². The van der Waals surface area contributed by atoms with Gasteiger partial charge in [0.1, 0.15) is 0 Å². The SMILES string of the molecule is NC(=O)N[C@H](CC(=O)NCC1(c2ccccc2)CCCC1)c1ccc(Cl)cc1. The van der Waals surface area contributed by atoms with E-state index in [1.54, 1.807) is 24.3 Å². The lowest BCUT2D eigenvalue weighted by Crippen LogP contribution is -2.41. The summed E-state index contributed by atoms with van der Waals surface area (Å²) < 4.78 is 0. The third-order valence-electron chi connectivity index (χ3n) is 5.55. The Bertz CT molecular complexity index is 802. The number of nitrogens with two attached hydrogens (primary N) is 1. The summed E-state index contributed by atoms with van der Waals surface area (Å²) in [6.45, 7) is 0.597. The van der Waals surface area contributed by atoms with Crippen molar-refractivity contribution in [2.75, 3.05) is 6.54 Å². The van der Waals surface area contributed by atoms with E-state index in [2.05, 4.69) is 22.8 Å². The maximum absolute atomic E-state index is 12.7. The predicted octanol–water partition coefficient (Wildman–Crippen LogP) is 4.07. The average molecular weight is 400 g/mol. The first-order valence-corrected chi connectivity index (χ1v) is 10.00. The van der Waals surface area contributed by atoms with Gasteiger partial charge in [-0.2, -0.15) is 0 Å². The Morgan fingerprint density at radius 2 is 1.68 bits per heavy atom. The van der Waals surface area contributed by atoms with Gasteiger partial charge in [-0.05, 0) is 36.1 Å². The molecule has 1 fully saturated rings. The molecule has 3 amide bonds. The van der Waals surface area contributed by atoms with Crippen molar-refractivity contribution in [2.24, 2.45) is 5.73 Å². The molecule has 0 aromatic heterocycles. The van der Waals surface area contributed by atoms with Crippen LogP contribution in [0.4, 0.5) is 4.79 Å². The van der Waals surface area contributed by atoms with Crippen LogP contribution in [-0.4, -0.2) is 18.5 Å². The highest BCUT2D eigenvalue weighted by atomic mass is 35.5. The molecule has 3 rings (SSSR count). The van der Waals surface area contributed by atoms with Crippen LogP contribution in [0.15, 0.2) is 54.6 Å². The molecule has 1 aliphatic rings. The van der Waals surface area contributed by atoms with Gasteiger partial charge >= 0.3 is 6.03 Å². The average Bonchev–Trinajstić information content (AvgIpc) is 3.17. The van der Waals surface area contributed by atoms with Crippen LogP contribution in [0.5, 0.6) is 0 Å². The maximum atomic E-state index is 12.7. The molecule has 148 valence electrons. The van der Waals surface area contributed by atoms with E-state index >= 15 is 0 Å². The standard InChI is InChI=1S/C22H26ClN3O2/c23-18-10-8-16(9-11-18)19(26-21(24)28)14-20(27)25-15-22(12-4-5-13-22)17-6-2-1-3-7-17/h1-3,6-11,19H,4-5,12-15H2,(H,25,27)(H3,24,26,28)/t19-/m1/s1. The van der Waals surface area contributed by atoms with Crippen molar-refractivity contribution in [1.82, 2.24) is 10.6 Å². The first kappa shape index (κ1) is 20.2. The zero-order chi connectivity index (χ0) is 20.0. The van der Waals surface area contributed by atoms with Gasteiger partial charge < -0.3 is 16.4 Å². The lowest BCUT2D eigenvalue weighted by Gasteiger charge is -2.30. The third kappa shape index (κ3) is 5.04. The van der Waals surface area contributed by atoms with Crippen molar-refractivity contribution in [3.63, 3.8) is 0 Å². The summed E-state index contributed by atoms with van der Waals surface area (Å²) in [6.07, 6.45) is 4.59. The second kappa shape index (κ2) is 9.11. The Labute approximate surface area is 170 Å². The second-order valence-corrected chi connectivity index (χ2v) is 7.88. The van der Waals surface area contributed by atoms with Crippen LogP contribution in [0.25, 0.3) is 0 Å². The van der Waals surface area contributed by atoms with E-state index in [1.165, 1.54) is 18.4 Å². The van der Waals surface area contributed by atoms with E-state index in [1.807, 2.05) is 18.2 Å². The normalized spacial score (nSPS) is 16.3. The van der Waals surface area contributed by atoms with E-state index in [0.29, 0.717) is 11.6 Å². The van der Waals surface area contributed by atoms with Crippen LogP contribution < -0.4 is 16.4 Å². The summed E-state index contributed by atoms with van der Waals surface area (Å²) in [7, 11) is 0. The van der Waals surface area contributed by atoms with E-state index < -0.39 is 12.1 Å². The van der Waals surface area contributed by atoms with Gasteiger partial charge in [-0.25, -0.2) is 4.79 Å². The first-order valence-electron chi connectivity index (χ1n) is 9.62. The van der Waals surface area contributed by atoms with Crippen molar-refractivity contribution in [1.29, 1.82) is 0 Å². The molecule has 4 N–H and O–H groups in total. The minimum atomic E-state index is -0.663. The van der Waals surface area contributed by atoms with Crippen LogP contribution in [0.3, 0.4) is 0 Å². The molecular weight excluding hydrogens is 374 g/mol. The Morgan fingerprint density at radius 1 is 1.04 bits per heavy atom. The minimum Gasteiger partial charge on any atom is -0.355 e. The topological polar surface area (TPSA) is 84.2 Å². The molecule has 2 aromatic carbocycles. The molecule has 0 saturated heterocycles. The molecule has 5 nitrogen and oxygen atoms in total. The fraction of sp³-hybridized carbons (Fsp3) is 0.364. The van der Waals surface area contributed by atoms with Gasteiger partial charge in [0.2, 0.25) is 5.91 Å². The summed E-state index contributed by atoms with van der Waals surface area (Å²) in [5.41, 5.74) is 7.35. The Morgan fingerprint density at radius 3 is 2.29 bits per heavy atom. The number of amides is 3. The molecule has 28 heavy (non-hydrogen) atoms. The number of carbonyl (C=O) groups is 2. The number of hydrogen-bond donors (Lipinski definition) is 3. The van der Waals surface area contributed by atoms with Crippen LogP contribution in [0, 0.1) is 0 Å². The van der Waals surface area contributed by atoms with Crippen LogP contribution in [0.1, 0.15) is 49.3 Å². The fourth-order valence-electron chi connectivity index (χ4n) is 4.06. The zero-order valence-corrected chi connectivity index (χ0v) is 16.5. The second-order valence-electron chi connectivity index (χ2n) is 7.45. The summed E-state index contributed by atoms with van der Waals surface area (Å²) >= 11 is 5.93. The van der Waals surface area contributed by atoms with Gasteiger partial charge in [-0.1, -0.05) is 66.9 Å². The molecule has 0 spiro atoms. The van der Waals surface area contributed by atoms with Crippen LogP contribution >= 0.6 is 11.6 Å². The quantitative estimate of drug-likeness (QED) is 0.655. The van der Waals surface area contributed by atoms with E-state index in [9.17, 15) is 9.59 Å². The smallest absolute Gasteiger partial charge is 0.312 e. The van der Waals surface area contributed by atoms with Crippen LogP contribution in [-0.2, 0) is 10.2 Å². The lowest BCUT2D eigenvalue weighted by molar-refractivity contribution is -0.121. The summed E-state index contributed by atoms with van der Waals surface area (Å²) in [6, 6.07) is 16.3. The molecule has 0 aliphatic heterocycles. The maximum Gasteiger partial charge on any atom is 0.312 e. The molecular formula is C22H26ClN3O2. The zero-order valence-electron chi connectivity index (χ0n) is 15.8. The summed E-state index contributed by atoms with van der Waals surface area (Å²) in [4.78, 5) is 24.1. The van der Waals surface area contributed by atoms with Gasteiger partial charge in [0.15, 0.2) is 0 Å². The molecule has 0 unspecified atom stereocenters. The number of carbonyl (C=O) groups excluding carboxylic acids is 2. The van der Waals surface area contributed by atoms with Crippen molar-refractivity contribution in [3.05, 3.63) is 70.7 Å². The highest BCUT2D eigenvalue weighted by molar-refractivity contribution is 6.30. The van der Waals surface area contributed by atoms with Crippen molar-refractivity contribution < 1.29 is 9.59 Å². The highest BCUT2D eigenvalue weighted by Gasteiger charge is 2.35. The van der Waals surface area contributed by atoms with Crippen LogP contribution in [0.2, 0.25) is 5.02 Å². The van der Waals surface area contributed by atoms with Gasteiger partial charge in [-0.3, -0.25) is 4.79 Å². The molecule has 2 aromatic rings. The van der Waals surface area contributed by atoms with Gasteiger partial charge in [0, 0.05) is 17.0 Å². The molecule has 0 heterocycles. The number of nitrogens with one attached hydrogen (secondary N) is 2. The molecule has 1 atom stereocenters. The summed E-state index contributed by atoms with van der Waals surface area (Å²) in [5, 5.41) is 6.34. The lowest BCUT2D eigenvalue weighted by atomic mass is 9.79. The number of urea groups is 1. The van der Waals surface area contributed by atoms with Gasteiger partial charge in [0.25, 0.3) is 0 Å². The Kier molecular flexibility index (Phi) is 6.57. The largest absolute Gasteiger partial charge is 0.355 e. The van der Waals surface area contributed by atoms with Gasteiger partial charge in [0.05, 0.1) is 12.5 Å². The monoisotopic (exact) mass is 399 g/mol. The third-order valence-corrected chi connectivity index (χ3v) is 5.80. The van der Waals surface area contributed by atoms with Crippen molar-refractivity contribution in [2.45, 2.75) is 43.6 Å². The minimum absolute atomic E-state index is 0.0101. The van der Waals surface area contributed by atoms with Crippen molar-refractivity contribution in [3.8, 4) is 0 Å². The number of benzene rings is 2. The number of hydrogen-bond acceptors (Lipinski definition) is 2. The molecule has 6 heteroatoms. The predicted molar refractivity (Wildman–Crippen MR) is 111 cm³/mol.